The van der Waals surface area contributed by atoms with Gasteiger partial charge in [0.1, 0.15) is 0 Å². The second kappa shape index (κ2) is 4.38. The fourth-order valence-corrected chi connectivity index (χ4v) is 2.96. The van der Waals surface area contributed by atoms with Crippen LogP contribution in [0, 0.1) is 6.92 Å². The number of benzene rings is 1. The van der Waals surface area contributed by atoms with Gasteiger partial charge >= 0.3 is 0 Å². The lowest BCUT2D eigenvalue weighted by Gasteiger charge is -2.16. The summed E-state index contributed by atoms with van der Waals surface area (Å²) in [6.45, 7) is 3.07. The van der Waals surface area contributed by atoms with Crippen molar-refractivity contribution < 1.29 is 4.79 Å². The summed E-state index contributed by atoms with van der Waals surface area (Å²) in [6, 6.07) is 8.17. The molecule has 0 saturated heterocycles. The van der Waals surface area contributed by atoms with Crippen molar-refractivity contribution in [1.29, 1.82) is 0 Å². The average molecular weight is 257 g/mol. The highest BCUT2D eigenvalue weighted by Crippen LogP contribution is 2.51. The van der Waals surface area contributed by atoms with Gasteiger partial charge in [-0.15, -0.1) is 0 Å². The number of H-pyrrole nitrogens is 1. The second-order valence-electron chi connectivity index (χ2n) is 5.30. The maximum atomic E-state index is 12.4. The first-order chi connectivity index (χ1) is 9.19. The Kier molecular flexibility index (Phi) is 2.82. The zero-order valence-electron chi connectivity index (χ0n) is 11.1. The van der Waals surface area contributed by atoms with E-state index in [2.05, 4.69) is 22.4 Å². The van der Waals surface area contributed by atoms with Crippen LogP contribution < -0.4 is 11.1 Å². The van der Waals surface area contributed by atoms with Gasteiger partial charge in [0.05, 0.1) is 5.41 Å². The largest absolute Gasteiger partial charge is 0.358 e. The lowest BCUT2D eigenvalue weighted by atomic mass is 9.92. The number of para-hydroxylation sites is 1. The molecule has 100 valence electrons. The van der Waals surface area contributed by atoms with Gasteiger partial charge < -0.3 is 16.0 Å². The molecule has 0 atom stereocenters. The lowest BCUT2D eigenvalue weighted by Crippen LogP contribution is -2.37. The van der Waals surface area contributed by atoms with Crippen molar-refractivity contribution in [1.82, 2.24) is 10.3 Å². The van der Waals surface area contributed by atoms with Crippen LogP contribution in [-0.2, 0) is 10.2 Å². The Hall–Kier alpha value is -1.81. The smallest absolute Gasteiger partial charge is 0.230 e. The van der Waals surface area contributed by atoms with Crippen LogP contribution in [0.2, 0.25) is 0 Å². The maximum Gasteiger partial charge on any atom is 0.230 e. The van der Waals surface area contributed by atoms with E-state index in [0.717, 1.165) is 29.6 Å². The summed E-state index contributed by atoms with van der Waals surface area (Å²) in [6.07, 6.45) is 1.85. The van der Waals surface area contributed by atoms with Crippen LogP contribution in [-0.4, -0.2) is 24.0 Å². The number of rotatable bonds is 4. The van der Waals surface area contributed by atoms with E-state index in [1.54, 1.807) is 0 Å². The SMILES string of the molecule is Cc1[nH]c2ccccc2c1C1(C(=O)NCCN)CC1. The number of hydrogen-bond acceptors (Lipinski definition) is 2. The zero-order valence-corrected chi connectivity index (χ0v) is 11.1. The fraction of sp³-hybridized carbons (Fsp3) is 0.400. The third kappa shape index (κ3) is 1.83. The molecule has 1 fully saturated rings. The minimum absolute atomic E-state index is 0.116. The number of amides is 1. The van der Waals surface area contributed by atoms with Crippen LogP contribution in [0.4, 0.5) is 0 Å². The Morgan fingerprint density at radius 1 is 1.42 bits per heavy atom. The van der Waals surface area contributed by atoms with Crippen molar-refractivity contribution in [3.8, 4) is 0 Å². The number of hydrogen-bond donors (Lipinski definition) is 3. The Morgan fingerprint density at radius 2 is 2.16 bits per heavy atom. The van der Waals surface area contributed by atoms with Crippen LogP contribution >= 0.6 is 0 Å². The monoisotopic (exact) mass is 257 g/mol. The molecule has 0 radical (unpaired) electrons. The minimum Gasteiger partial charge on any atom is -0.358 e. The van der Waals surface area contributed by atoms with Crippen molar-refractivity contribution in [3.05, 3.63) is 35.5 Å². The Labute approximate surface area is 112 Å². The van der Waals surface area contributed by atoms with Gasteiger partial charge in [-0.1, -0.05) is 18.2 Å². The van der Waals surface area contributed by atoms with Crippen LogP contribution in [0.1, 0.15) is 24.1 Å². The van der Waals surface area contributed by atoms with Crippen molar-refractivity contribution >= 4 is 16.8 Å². The molecule has 0 unspecified atom stereocenters. The van der Waals surface area contributed by atoms with Gasteiger partial charge in [-0.05, 0) is 31.4 Å². The first-order valence-corrected chi connectivity index (χ1v) is 6.75. The predicted molar refractivity (Wildman–Crippen MR) is 76.0 cm³/mol. The molecule has 19 heavy (non-hydrogen) atoms. The third-order valence-corrected chi connectivity index (χ3v) is 3.99. The van der Waals surface area contributed by atoms with E-state index in [1.807, 2.05) is 19.1 Å². The quantitative estimate of drug-likeness (QED) is 0.778. The molecule has 1 heterocycles. The van der Waals surface area contributed by atoms with E-state index < -0.39 is 0 Å². The van der Waals surface area contributed by atoms with E-state index in [9.17, 15) is 4.79 Å². The van der Waals surface area contributed by atoms with E-state index in [-0.39, 0.29) is 11.3 Å². The van der Waals surface area contributed by atoms with Gasteiger partial charge in [0.25, 0.3) is 0 Å². The zero-order chi connectivity index (χ0) is 13.5. The summed E-state index contributed by atoms with van der Waals surface area (Å²) in [5, 5.41) is 4.10. The van der Waals surface area contributed by atoms with Gasteiger partial charge in [-0.2, -0.15) is 0 Å². The topological polar surface area (TPSA) is 70.9 Å². The fourth-order valence-electron chi connectivity index (χ4n) is 2.96. The summed E-state index contributed by atoms with van der Waals surface area (Å²) in [5.74, 6) is 0.116. The molecule has 3 rings (SSSR count). The molecule has 4 N–H and O–H groups in total. The molecule has 1 aromatic carbocycles. The van der Waals surface area contributed by atoms with Gasteiger partial charge in [0.15, 0.2) is 0 Å². The van der Waals surface area contributed by atoms with Gasteiger partial charge in [-0.3, -0.25) is 4.79 Å². The van der Waals surface area contributed by atoms with E-state index in [4.69, 9.17) is 5.73 Å². The number of aromatic nitrogens is 1. The van der Waals surface area contributed by atoms with Gasteiger partial charge in [0.2, 0.25) is 5.91 Å². The first kappa shape index (κ1) is 12.2. The number of fused-ring (bicyclic) bond motifs is 1. The standard InChI is InChI=1S/C15H19N3O/c1-10-13(11-4-2-3-5-12(11)18-10)15(6-7-15)14(19)17-9-8-16/h2-5,18H,6-9,16H2,1H3,(H,17,19). The minimum atomic E-state index is -0.334. The molecule has 2 aromatic rings. The van der Waals surface area contributed by atoms with Crippen molar-refractivity contribution in [2.45, 2.75) is 25.2 Å². The third-order valence-electron chi connectivity index (χ3n) is 3.99. The molecule has 1 saturated carbocycles. The average Bonchev–Trinajstić information content (AvgIpc) is 3.13. The number of carbonyl (C=O) groups excluding carboxylic acids is 1. The van der Waals surface area contributed by atoms with Crippen LogP contribution in [0.5, 0.6) is 0 Å². The molecule has 0 spiro atoms. The highest BCUT2D eigenvalue weighted by Gasteiger charge is 2.53. The molecule has 4 heteroatoms. The van der Waals surface area contributed by atoms with E-state index >= 15 is 0 Å². The van der Waals surface area contributed by atoms with Crippen LogP contribution in [0.25, 0.3) is 10.9 Å². The summed E-state index contributed by atoms with van der Waals surface area (Å²) in [4.78, 5) is 15.8. The number of aryl methyl sites for hydroxylation is 1. The van der Waals surface area contributed by atoms with Crippen molar-refractivity contribution in [3.63, 3.8) is 0 Å². The summed E-state index contributed by atoms with van der Waals surface area (Å²) in [7, 11) is 0. The Bertz CT molecular complexity index is 625. The molecular weight excluding hydrogens is 238 g/mol. The van der Waals surface area contributed by atoms with Crippen LogP contribution in [0.15, 0.2) is 24.3 Å². The highest BCUT2D eigenvalue weighted by atomic mass is 16.2. The van der Waals surface area contributed by atoms with E-state index in [0.29, 0.717) is 13.1 Å². The van der Waals surface area contributed by atoms with Crippen molar-refractivity contribution in [2.24, 2.45) is 5.73 Å². The summed E-state index contributed by atoms with van der Waals surface area (Å²) < 4.78 is 0. The molecule has 0 bridgehead atoms. The number of aromatic amines is 1. The van der Waals surface area contributed by atoms with E-state index in [1.165, 1.54) is 5.39 Å². The van der Waals surface area contributed by atoms with Gasteiger partial charge in [0, 0.05) is 29.7 Å². The normalized spacial score (nSPS) is 16.5. The second-order valence-corrected chi connectivity index (χ2v) is 5.30. The van der Waals surface area contributed by atoms with Gasteiger partial charge in [-0.25, -0.2) is 0 Å². The lowest BCUT2D eigenvalue weighted by molar-refractivity contribution is -0.123. The molecule has 1 aliphatic carbocycles. The Morgan fingerprint density at radius 3 is 2.84 bits per heavy atom. The van der Waals surface area contributed by atoms with Crippen molar-refractivity contribution in [2.75, 3.05) is 13.1 Å². The summed E-state index contributed by atoms with van der Waals surface area (Å²) >= 11 is 0. The molecule has 4 nitrogen and oxygen atoms in total. The highest BCUT2D eigenvalue weighted by molar-refractivity contribution is 5.98. The number of nitrogens with two attached hydrogens (primary N) is 1. The first-order valence-electron chi connectivity index (χ1n) is 6.75. The maximum absolute atomic E-state index is 12.4. The summed E-state index contributed by atoms with van der Waals surface area (Å²) in [5.41, 5.74) is 8.49. The molecule has 1 aliphatic rings. The van der Waals surface area contributed by atoms with Crippen LogP contribution in [0.3, 0.4) is 0 Å². The molecular formula is C15H19N3O. The predicted octanol–water partition coefficient (Wildman–Crippen LogP) is 1.58. The molecule has 1 aromatic heterocycles. The Balaban J connectivity index is 2.04. The molecule has 0 aliphatic heterocycles. The number of nitrogens with one attached hydrogen (secondary N) is 2. The number of carbonyl (C=O) groups is 1. The molecule has 1 amide bonds.